The minimum atomic E-state index is -1.20. The van der Waals surface area contributed by atoms with Crippen molar-refractivity contribution in [2.75, 3.05) is 32.8 Å². The molecule has 3 N–H and O–H groups in total. The molecule has 2 aromatic rings. The van der Waals surface area contributed by atoms with Crippen LogP contribution >= 0.6 is 11.6 Å². The van der Waals surface area contributed by atoms with Crippen molar-refractivity contribution in [3.8, 4) is 11.5 Å². The molecule has 10 nitrogen and oxygen atoms in total. The zero-order valence-electron chi connectivity index (χ0n) is 24.0. The van der Waals surface area contributed by atoms with Gasteiger partial charge in [-0.3, -0.25) is 19.2 Å². The maximum absolute atomic E-state index is 13.4. The first-order chi connectivity index (χ1) is 19.6. The lowest BCUT2D eigenvalue weighted by atomic mass is 10.0. The maximum atomic E-state index is 13.4. The third-order valence-corrected chi connectivity index (χ3v) is 7.02. The van der Waals surface area contributed by atoms with Crippen LogP contribution in [0.25, 0.3) is 0 Å². The predicted octanol–water partition coefficient (Wildman–Crippen LogP) is 3.10. The first-order valence-electron chi connectivity index (χ1n) is 13.9. The van der Waals surface area contributed by atoms with Crippen LogP contribution in [-0.2, 0) is 14.4 Å². The SMILES string of the molecule is CCN1CCOc2ccccc2C(=O)N[C@H](C(=O)NCCOc2ccc(Cl)c(C)c2)CC(=O)N[C@H](CC(C)C)C1=O. The van der Waals surface area contributed by atoms with Gasteiger partial charge in [0.05, 0.1) is 25.1 Å². The van der Waals surface area contributed by atoms with Crippen LogP contribution in [0.2, 0.25) is 5.02 Å². The molecule has 4 amide bonds. The molecule has 0 aliphatic carbocycles. The number of carbonyl (C=O) groups excluding carboxylic acids is 4. The van der Waals surface area contributed by atoms with Gasteiger partial charge in [0.15, 0.2) is 0 Å². The van der Waals surface area contributed by atoms with Crippen molar-refractivity contribution in [2.45, 2.75) is 52.6 Å². The maximum Gasteiger partial charge on any atom is 0.255 e. The van der Waals surface area contributed by atoms with Gasteiger partial charge >= 0.3 is 0 Å². The van der Waals surface area contributed by atoms with E-state index in [2.05, 4.69) is 16.0 Å². The topological polar surface area (TPSA) is 126 Å². The lowest BCUT2D eigenvalue weighted by Gasteiger charge is -2.29. The number of amides is 4. The van der Waals surface area contributed by atoms with Crippen molar-refractivity contribution in [3.05, 3.63) is 58.6 Å². The van der Waals surface area contributed by atoms with Gasteiger partial charge in [-0.25, -0.2) is 0 Å². The fourth-order valence-corrected chi connectivity index (χ4v) is 4.56. The molecule has 2 aromatic carbocycles. The van der Waals surface area contributed by atoms with Gasteiger partial charge in [0.25, 0.3) is 5.91 Å². The van der Waals surface area contributed by atoms with E-state index in [1.54, 1.807) is 47.4 Å². The van der Waals surface area contributed by atoms with Gasteiger partial charge in [-0.1, -0.05) is 37.6 Å². The minimum Gasteiger partial charge on any atom is -0.492 e. The van der Waals surface area contributed by atoms with Gasteiger partial charge in [-0.2, -0.15) is 0 Å². The normalized spacial score (nSPS) is 18.5. The minimum absolute atomic E-state index is 0.133. The monoisotopic (exact) mass is 586 g/mol. The molecule has 0 saturated heterocycles. The van der Waals surface area contributed by atoms with Crippen molar-refractivity contribution in [3.63, 3.8) is 0 Å². The summed E-state index contributed by atoms with van der Waals surface area (Å²) in [5, 5.41) is 8.82. The zero-order valence-corrected chi connectivity index (χ0v) is 24.8. The predicted molar refractivity (Wildman–Crippen MR) is 156 cm³/mol. The Morgan fingerprint density at radius 3 is 2.63 bits per heavy atom. The average molecular weight is 587 g/mol. The van der Waals surface area contributed by atoms with Gasteiger partial charge in [0.1, 0.15) is 36.8 Å². The Balaban J connectivity index is 1.78. The fraction of sp³-hybridized carbons (Fsp3) is 0.467. The van der Waals surface area contributed by atoms with Crippen LogP contribution in [-0.4, -0.2) is 73.5 Å². The van der Waals surface area contributed by atoms with Gasteiger partial charge in [-0.05, 0) is 62.1 Å². The summed E-state index contributed by atoms with van der Waals surface area (Å²) < 4.78 is 11.6. The summed E-state index contributed by atoms with van der Waals surface area (Å²) in [7, 11) is 0. The number of fused-ring (bicyclic) bond motifs is 1. The lowest BCUT2D eigenvalue weighted by Crippen LogP contribution is -2.53. The zero-order chi connectivity index (χ0) is 29.9. The molecule has 0 spiro atoms. The van der Waals surface area contributed by atoms with E-state index in [1.165, 1.54) is 0 Å². The second-order valence-corrected chi connectivity index (χ2v) is 10.7. The molecule has 11 heteroatoms. The highest BCUT2D eigenvalue weighted by molar-refractivity contribution is 6.31. The number of hydrogen-bond donors (Lipinski definition) is 3. The molecular formula is C30H39ClN4O6. The van der Waals surface area contributed by atoms with Crippen molar-refractivity contribution in [2.24, 2.45) is 5.92 Å². The molecule has 222 valence electrons. The molecule has 0 unspecified atom stereocenters. The average Bonchev–Trinajstić information content (AvgIpc) is 2.93. The van der Waals surface area contributed by atoms with Gasteiger partial charge < -0.3 is 30.3 Å². The van der Waals surface area contributed by atoms with Crippen molar-refractivity contribution in [1.82, 2.24) is 20.9 Å². The van der Waals surface area contributed by atoms with Gasteiger partial charge in [-0.15, -0.1) is 0 Å². The molecule has 0 saturated carbocycles. The lowest BCUT2D eigenvalue weighted by molar-refractivity contribution is -0.137. The molecule has 2 atom stereocenters. The fourth-order valence-electron chi connectivity index (χ4n) is 4.44. The Hall–Kier alpha value is -3.79. The number of nitrogens with zero attached hydrogens (tertiary/aromatic N) is 1. The molecule has 41 heavy (non-hydrogen) atoms. The van der Waals surface area contributed by atoms with E-state index < -0.39 is 29.8 Å². The Labute approximate surface area is 246 Å². The quantitative estimate of drug-likeness (QED) is 0.408. The van der Waals surface area contributed by atoms with Crippen molar-refractivity contribution in [1.29, 1.82) is 0 Å². The highest BCUT2D eigenvalue weighted by Crippen LogP contribution is 2.21. The molecule has 0 radical (unpaired) electrons. The number of rotatable bonds is 8. The summed E-state index contributed by atoms with van der Waals surface area (Å²) in [6, 6.07) is 9.92. The van der Waals surface area contributed by atoms with E-state index in [4.69, 9.17) is 21.1 Å². The van der Waals surface area contributed by atoms with E-state index in [9.17, 15) is 19.2 Å². The Kier molecular flexibility index (Phi) is 11.8. The summed E-state index contributed by atoms with van der Waals surface area (Å²) in [4.78, 5) is 54.6. The van der Waals surface area contributed by atoms with Crippen LogP contribution < -0.4 is 25.4 Å². The molecule has 0 fully saturated rings. The van der Waals surface area contributed by atoms with Crippen LogP contribution in [0, 0.1) is 12.8 Å². The van der Waals surface area contributed by atoms with Crippen molar-refractivity contribution >= 4 is 35.2 Å². The smallest absolute Gasteiger partial charge is 0.255 e. The van der Waals surface area contributed by atoms with Crippen LogP contribution in [0.15, 0.2) is 42.5 Å². The third kappa shape index (κ3) is 9.38. The molecule has 1 aliphatic rings. The summed E-state index contributed by atoms with van der Waals surface area (Å²) in [6.45, 7) is 8.81. The van der Waals surface area contributed by atoms with E-state index in [-0.39, 0.29) is 43.6 Å². The number of carbonyl (C=O) groups is 4. The molecule has 1 aliphatic heterocycles. The highest BCUT2D eigenvalue weighted by Gasteiger charge is 2.30. The molecule has 0 bridgehead atoms. The first kappa shape index (κ1) is 31.7. The Morgan fingerprint density at radius 2 is 1.93 bits per heavy atom. The van der Waals surface area contributed by atoms with Gasteiger partial charge in [0.2, 0.25) is 17.7 Å². The summed E-state index contributed by atoms with van der Waals surface area (Å²) >= 11 is 6.06. The van der Waals surface area contributed by atoms with Crippen LogP contribution in [0.5, 0.6) is 11.5 Å². The van der Waals surface area contributed by atoms with Gasteiger partial charge in [0, 0.05) is 11.6 Å². The number of hydrogen-bond acceptors (Lipinski definition) is 6. The molecule has 0 aromatic heterocycles. The number of likely N-dealkylation sites (N-methyl/N-ethyl adjacent to an activating group) is 1. The Morgan fingerprint density at radius 1 is 1.17 bits per heavy atom. The van der Waals surface area contributed by atoms with E-state index >= 15 is 0 Å². The standard InChI is InChI=1S/C30H39ClN4O6/c1-5-35-13-15-41-26-9-7-6-8-22(26)28(37)34-24(18-27(36)33-25(30(35)39)16-19(2)3)29(38)32-12-14-40-21-10-11-23(31)20(4)17-21/h6-11,17,19,24-25H,5,12-16,18H2,1-4H3,(H,32,38)(H,33,36)(H,34,37)/t24-,25+/m0/s1. The first-order valence-corrected chi connectivity index (χ1v) is 14.2. The van der Waals surface area contributed by atoms with E-state index in [1.807, 2.05) is 27.7 Å². The van der Waals surface area contributed by atoms with Crippen LogP contribution in [0.3, 0.4) is 0 Å². The van der Waals surface area contributed by atoms with Crippen LogP contribution in [0.4, 0.5) is 0 Å². The number of benzene rings is 2. The second-order valence-electron chi connectivity index (χ2n) is 10.3. The number of halogens is 1. The number of para-hydroxylation sites is 1. The largest absolute Gasteiger partial charge is 0.492 e. The summed E-state index contributed by atoms with van der Waals surface area (Å²) in [5.41, 5.74) is 1.08. The van der Waals surface area contributed by atoms with E-state index in [0.717, 1.165) is 5.56 Å². The van der Waals surface area contributed by atoms with Crippen LogP contribution in [0.1, 0.15) is 49.5 Å². The number of nitrogens with one attached hydrogen (secondary N) is 3. The highest BCUT2D eigenvalue weighted by atomic mass is 35.5. The number of ether oxygens (including phenoxy) is 2. The molecule has 3 rings (SSSR count). The molecule has 1 heterocycles. The van der Waals surface area contributed by atoms with E-state index in [0.29, 0.717) is 36.0 Å². The second kappa shape index (κ2) is 15.3. The molecular weight excluding hydrogens is 548 g/mol. The summed E-state index contributed by atoms with van der Waals surface area (Å²) in [6.07, 6.45) is 0.0708. The Bertz CT molecular complexity index is 1240. The number of aryl methyl sites for hydroxylation is 1. The van der Waals surface area contributed by atoms with Crippen molar-refractivity contribution < 1.29 is 28.7 Å². The summed E-state index contributed by atoms with van der Waals surface area (Å²) in [5.74, 6) is -0.797. The third-order valence-electron chi connectivity index (χ3n) is 6.60.